The highest BCUT2D eigenvalue weighted by molar-refractivity contribution is 5.79. The van der Waals surface area contributed by atoms with Crippen LogP contribution in [0.4, 0.5) is 0 Å². The fourth-order valence-electron chi connectivity index (χ4n) is 1.90. The number of likely N-dealkylation sites (tertiary alicyclic amines) is 1. The van der Waals surface area contributed by atoms with Gasteiger partial charge in [-0.1, -0.05) is 13.8 Å². The molecule has 0 aromatic carbocycles. The summed E-state index contributed by atoms with van der Waals surface area (Å²) < 4.78 is 0. The second-order valence-corrected chi connectivity index (χ2v) is 4.27. The van der Waals surface area contributed by atoms with E-state index < -0.39 is 5.97 Å². The summed E-state index contributed by atoms with van der Waals surface area (Å²) in [5.74, 6) is 0.695. The molecule has 1 N–H and O–H groups in total. The van der Waals surface area contributed by atoms with E-state index in [0.717, 1.165) is 24.9 Å². The number of carbonyl (C=O) groups is 1. The van der Waals surface area contributed by atoms with Crippen LogP contribution >= 0.6 is 0 Å². The van der Waals surface area contributed by atoms with Gasteiger partial charge in [-0.2, -0.15) is 0 Å². The molecule has 0 aromatic rings. The number of hydrogen-bond donors (Lipinski definition) is 1. The first-order valence-corrected chi connectivity index (χ1v) is 5.24. The minimum Gasteiger partial charge on any atom is -0.478 e. The number of hydrogen-bond acceptors (Lipinski definition) is 2. The summed E-state index contributed by atoms with van der Waals surface area (Å²) >= 11 is 0. The molecule has 1 aliphatic rings. The number of rotatable bonds is 3. The second-order valence-electron chi connectivity index (χ2n) is 4.27. The van der Waals surface area contributed by atoms with Crippen LogP contribution in [0, 0.1) is 11.8 Å². The average Bonchev–Trinajstić information content (AvgIpc) is 2.15. The Labute approximate surface area is 85.4 Å². The van der Waals surface area contributed by atoms with Gasteiger partial charge in [-0.05, 0) is 24.7 Å². The molecule has 0 unspecified atom stereocenters. The van der Waals surface area contributed by atoms with E-state index in [-0.39, 0.29) is 0 Å². The van der Waals surface area contributed by atoms with Crippen LogP contribution in [0.2, 0.25) is 0 Å². The Bertz CT molecular complexity index is 215. The zero-order valence-corrected chi connectivity index (χ0v) is 8.94. The van der Waals surface area contributed by atoms with Crippen molar-refractivity contribution in [2.24, 2.45) is 11.8 Å². The first kappa shape index (κ1) is 11.1. The Morgan fingerprint density at radius 2 is 2.00 bits per heavy atom. The van der Waals surface area contributed by atoms with Gasteiger partial charge in [0.05, 0.1) is 0 Å². The van der Waals surface area contributed by atoms with Gasteiger partial charge in [-0.3, -0.25) is 0 Å². The highest BCUT2D eigenvalue weighted by atomic mass is 16.4. The molecule has 0 atom stereocenters. The third-order valence-corrected chi connectivity index (χ3v) is 2.94. The molecule has 3 nitrogen and oxygen atoms in total. The molecule has 3 heteroatoms. The van der Waals surface area contributed by atoms with Crippen molar-refractivity contribution in [1.82, 2.24) is 4.90 Å². The fraction of sp³-hybridized carbons (Fsp3) is 0.727. The molecule has 1 heterocycles. The molecule has 0 aliphatic carbocycles. The van der Waals surface area contributed by atoms with Crippen molar-refractivity contribution in [2.75, 3.05) is 13.1 Å². The zero-order chi connectivity index (χ0) is 10.6. The third kappa shape index (κ3) is 3.40. The summed E-state index contributed by atoms with van der Waals surface area (Å²) in [5, 5.41) is 8.47. The van der Waals surface area contributed by atoms with Crippen molar-refractivity contribution >= 4 is 5.97 Å². The topological polar surface area (TPSA) is 40.5 Å². The summed E-state index contributed by atoms with van der Waals surface area (Å²) in [4.78, 5) is 12.4. The number of piperidine rings is 1. The summed E-state index contributed by atoms with van der Waals surface area (Å²) in [5.41, 5.74) is 0. The lowest BCUT2D eigenvalue weighted by molar-refractivity contribution is -0.131. The van der Waals surface area contributed by atoms with Crippen LogP contribution in [-0.4, -0.2) is 29.1 Å². The maximum Gasteiger partial charge on any atom is 0.329 e. The monoisotopic (exact) mass is 197 g/mol. The lowest BCUT2D eigenvalue weighted by atomic mass is 9.87. The standard InChI is InChI=1S/C11H19NO2/c1-9(2)10-3-6-12(7-4-10)8-5-11(13)14/h5,8-10H,3-4,6-7H2,1-2H3,(H,13,14)/b8-5+. The lowest BCUT2D eigenvalue weighted by Gasteiger charge is -2.32. The largest absolute Gasteiger partial charge is 0.478 e. The molecule has 0 aromatic heterocycles. The molecule has 1 saturated heterocycles. The van der Waals surface area contributed by atoms with Gasteiger partial charge >= 0.3 is 5.97 Å². The maximum absolute atomic E-state index is 10.3. The van der Waals surface area contributed by atoms with Crippen molar-refractivity contribution < 1.29 is 9.90 Å². The number of carboxylic acid groups (broad SMARTS) is 1. The summed E-state index contributed by atoms with van der Waals surface area (Å²) in [6, 6.07) is 0. The molecular weight excluding hydrogens is 178 g/mol. The molecule has 1 aliphatic heterocycles. The zero-order valence-electron chi connectivity index (χ0n) is 8.94. The van der Waals surface area contributed by atoms with E-state index in [1.54, 1.807) is 6.20 Å². The van der Waals surface area contributed by atoms with Gasteiger partial charge in [0.1, 0.15) is 0 Å². The molecule has 1 rings (SSSR count). The van der Waals surface area contributed by atoms with Gasteiger partial charge in [-0.25, -0.2) is 4.79 Å². The second kappa shape index (κ2) is 5.03. The molecule has 0 amide bonds. The van der Waals surface area contributed by atoms with Crippen LogP contribution in [0.3, 0.4) is 0 Å². The van der Waals surface area contributed by atoms with Gasteiger partial charge < -0.3 is 10.0 Å². The van der Waals surface area contributed by atoms with E-state index in [1.807, 2.05) is 0 Å². The predicted molar refractivity (Wildman–Crippen MR) is 55.9 cm³/mol. The first-order valence-electron chi connectivity index (χ1n) is 5.24. The van der Waals surface area contributed by atoms with E-state index in [1.165, 1.54) is 18.9 Å². The number of aliphatic carboxylic acids is 1. The normalized spacial score (nSPS) is 19.5. The minimum absolute atomic E-state index is 0.751. The van der Waals surface area contributed by atoms with Gasteiger partial charge in [0.2, 0.25) is 0 Å². The molecule has 80 valence electrons. The molecule has 0 radical (unpaired) electrons. The van der Waals surface area contributed by atoms with E-state index in [9.17, 15) is 4.79 Å². The van der Waals surface area contributed by atoms with E-state index in [0.29, 0.717) is 0 Å². The minimum atomic E-state index is -0.865. The van der Waals surface area contributed by atoms with Crippen LogP contribution in [0.15, 0.2) is 12.3 Å². The summed E-state index contributed by atoms with van der Waals surface area (Å²) in [6.45, 7) is 6.50. The van der Waals surface area contributed by atoms with Gasteiger partial charge in [0, 0.05) is 25.4 Å². The predicted octanol–water partition coefficient (Wildman–Crippen LogP) is 1.95. The van der Waals surface area contributed by atoms with Crippen LogP contribution in [0.25, 0.3) is 0 Å². The molecule has 0 spiro atoms. The van der Waals surface area contributed by atoms with Gasteiger partial charge in [-0.15, -0.1) is 0 Å². The van der Waals surface area contributed by atoms with E-state index >= 15 is 0 Å². The van der Waals surface area contributed by atoms with Gasteiger partial charge in [0.25, 0.3) is 0 Å². The Kier molecular flexibility index (Phi) is 3.98. The average molecular weight is 197 g/mol. The van der Waals surface area contributed by atoms with Crippen LogP contribution in [-0.2, 0) is 4.79 Å². The quantitative estimate of drug-likeness (QED) is 0.703. The van der Waals surface area contributed by atoms with Crippen molar-refractivity contribution in [3.8, 4) is 0 Å². The summed E-state index contributed by atoms with van der Waals surface area (Å²) in [7, 11) is 0. The summed E-state index contributed by atoms with van der Waals surface area (Å²) in [6.07, 6.45) is 5.28. The van der Waals surface area contributed by atoms with E-state index in [4.69, 9.17) is 5.11 Å². The third-order valence-electron chi connectivity index (χ3n) is 2.94. The molecule has 1 fully saturated rings. The Balaban J connectivity index is 2.32. The highest BCUT2D eigenvalue weighted by Crippen LogP contribution is 2.24. The Morgan fingerprint density at radius 1 is 1.43 bits per heavy atom. The molecule has 14 heavy (non-hydrogen) atoms. The van der Waals surface area contributed by atoms with E-state index in [2.05, 4.69) is 18.7 Å². The first-order chi connectivity index (χ1) is 6.59. The van der Waals surface area contributed by atoms with Crippen molar-refractivity contribution in [2.45, 2.75) is 26.7 Å². The number of carboxylic acids is 1. The van der Waals surface area contributed by atoms with Crippen molar-refractivity contribution in [1.29, 1.82) is 0 Å². The Hall–Kier alpha value is -0.990. The van der Waals surface area contributed by atoms with Crippen LogP contribution in [0.1, 0.15) is 26.7 Å². The van der Waals surface area contributed by atoms with Crippen molar-refractivity contribution in [3.05, 3.63) is 12.3 Å². The smallest absolute Gasteiger partial charge is 0.329 e. The van der Waals surface area contributed by atoms with Crippen molar-refractivity contribution in [3.63, 3.8) is 0 Å². The fourth-order valence-corrected chi connectivity index (χ4v) is 1.90. The van der Waals surface area contributed by atoms with Crippen LogP contribution < -0.4 is 0 Å². The molecule has 0 bridgehead atoms. The highest BCUT2D eigenvalue weighted by Gasteiger charge is 2.19. The van der Waals surface area contributed by atoms with Gasteiger partial charge in [0.15, 0.2) is 0 Å². The van der Waals surface area contributed by atoms with Crippen LogP contribution in [0.5, 0.6) is 0 Å². The molecule has 0 saturated carbocycles. The molecular formula is C11H19NO2. The number of nitrogens with zero attached hydrogens (tertiary/aromatic N) is 1. The lowest BCUT2D eigenvalue weighted by Crippen LogP contribution is -2.31. The SMILES string of the molecule is CC(C)C1CCN(/C=C/C(=O)O)CC1. The Morgan fingerprint density at radius 3 is 2.43 bits per heavy atom. The maximum atomic E-state index is 10.3.